The molecule has 1 N–H and O–H groups in total. The van der Waals surface area contributed by atoms with E-state index in [1.54, 1.807) is 12.2 Å². The van der Waals surface area contributed by atoms with E-state index >= 15 is 0 Å². The lowest BCUT2D eigenvalue weighted by Gasteiger charge is -2.32. The van der Waals surface area contributed by atoms with Gasteiger partial charge in [0.05, 0.1) is 5.92 Å². The predicted octanol–water partition coefficient (Wildman–Crippen LogP) is 1.96. The van der Waals surface area contributed by atoms with Crippen molar-refractivity contribution in [1.29, 1.82) is 0 Å². The molecular formula is C10H11Cl2NO2. The van der Waals surface area contributed by atoms with Crippen LogP contribution in [0.15, 0.2) is 23.3 Å². The first-order chi connectivity index (χ1) is 6.85. The van der Waals surface area contributed by atoms with Crippen LogP contribution >= 0.6 is 23.2 Å². The second-order valence-corrected chi connectivity index (χ2v) is 4.49. The number of amides is 1. The van der Waals surface area contributed by atoms with Crippen LogP contribution in [-0.2, 0) is 9.59 Å². The van der Waals surface area contributed by atoms with Gasteiger partial charge in [-0.2, -0.15) is 0 Å². The first-order valence-corrected chi connectivity index (χ1v) is 5.15. The summed E-state index contributed by atoms with van der Waals surface area (Å²) in [5.74, 6) is -1.03. The van der Waals surface area contributed by atoms with E-state index in [1.165, 1.54) is 19.9 Å². The number of allylic oxidation sites excluding steroid dienone is 2. The Kier molecular flexibility index (Phi) is 3.58. The number of ketones is 1. The number of halogens is 2. The van der Waals surface area contributed by atoms with Gasteiger partial charge in [-0.3, -0.25) is 9.59 Å². The monoisotopic (exact) mass is 247 g/mol. The van der Waals surface area contributed by atoms with Crippen LogP contribution in [0.5, 0.6) is 0 Å². The van der Waals surface area contributed by atoms with Crippen LogP contribution in [0.2, 0.25) is 0 Å². The lowest BCUT2D eigenvalue weighted by atomic mass is 9.91. The molecule has 0 radical (unpaired) electrons. The van der Waals surface area contributed by atoms with Crippen LogP contribution in [0.1, 0.15) is 13.8 Å². The van der Waals surface area contributed by atoms with Crippen LogP contribution in [0.4, 0.5) is 0 Å². The van der Waals surface area contributed by atoms with Crippen molar-refractivity contribution in [3.05, 3.63) is 23.3 Å². The van der Waals surface area contributed by atoms with E-state index in [0.29, 0.717) is 5.03 Å². The van der Waals surface area contributed by atoms with Gasteiger partial charge >= 0.3 is 0 Å². The summed E-state index contributed by atoms with van der Waals surface area (Å²) in [4.78, 5) is 21.1. The third-order valence-electron chi connectivity index (χ3n) is 2.05. The molecule has 15 heavy (non-hydrogen) atoms. The summed E-state index contributed by atoms with van der Waals surface area (Å²) in [5, 5.41) is 2.91. The fourth-order valence-corrected chi connectivity index (χ4v) is 2.26. The van der Waals surface area contributed by atoms with Crippen molar-refractivity contribution < 1.29 is 9.59 Å². The summed E-state index contributed by atoms with van der Waals surface area (Å²) in [6.45, 7) is 2.75. The van der Waals surface area contributed by atoms with E-state index in [1.807, 2.05) is 0 Å². The molecule has 0 fully saturated rings. The van der Waals surface area contributed by atoms with Gasteiger partial charge in [0.25, 0.3) is 0 Å². The molecule has 0 saturated heterocycles. The fourth-order valence-electron chi connectivity index (χ4n) is 1.48. The maximum atomic E-state index is 11.3. The second kappa shape index (κ2) is 4.37. The van der Waals surface area contributed by atoms with Crippen molar-refractivity contribution in [2.45, 2.75) is 18.8 Å². The van der Waals surface area contributed by atoms with E-state index in [9.17, 15) is 9.59 Å². The minimum Gasteiger partial charge on any atom is -0.333 e. The molecule has 1 amide bonds. The van der Waals surface area contributed by atoms with Crippen LogP contribution in [0.3, 0.4) is 0 Å². The highest BCUT2D eigenvalue weighted by Crippen LogP contribution is 2.33. The zero-order chi connectivity index (χ0) is 11.6. The summed E-state index contributed by atoms with van der Waals surface area (Å²) in [6.07, 6.45) is 4.65. The number of rotatable bonds is 2. The minimum absolute atomic E-state index is 0.129. The standard InChI is InChI=1S/C10H11Cl2NO2/c1-6(14)9-4-3-8(11)5-10(9,12)13-7(2)15/h3-5,9H,1-2H3,(H,13,15). The Morgan fingerprint density at radius 1 is 1.47 bits per heavy atom. The van der Waals surface area contributed by atoms with E-state index in [-0.39, 0.29) is 11.7 Å². The van der Waals surface area contributed by atoms with E-state index < -0.39 is 10.9 Å². The van der Waals surface area contributed by atoms with Gasteiger partial charge in [-0.05, 0) is 19.1 Å². The molecule has 0 aromatic heterocycles. The number of alkyl halides is 1. The average molecular weight is 248 g/mol. The van der Waals surface area contributed by atoms with Gasteiger partial charge in [0.15, 0.2) is 0 Å². The molecule has 1 rings (SSSR count). The van der Waals surface area contributed by atoms with Crippen LogP contribution < -0.4 is 5.32 Å². The van der Waals surface area contributed by atoms with Gasteiger partial charge in [0, 0.05) is 12.0 Å². The summed E-state index contributed by atoms with van der Waals surface area (Å²) in [6, 6.07) is 0. The molecule has 2 unspecified atom stereocenters. The molecule has 1 aliphatic rings. The molecule has 0 saturated carbocycles. The molecule has 0 spiro atoms. The molecule has 0 aromatic rings. The first-order valence-electron chi connectivity index (χ1n) is 4.40. The summed E-state index contributed by atoms with van der Waals surface area (Å²) in [7, 11) is 0. The average Bonchev–Trinajstić information content (AvgIpc) is 1.99. The molecule has 5 heteroatoms. The smallest absolute Gasteiger partial charge is 0.218 e. The highest BCUT2D eigenvalue weighted by molar-refractivity contribution is 6.34. The third kappa shape index (κ3) is 2.83. The highest BCUT2D eigenvalue weighted by Gasteiger charge is 2.39. The molecule has 3 nitrogen and oxygen atoms in total. The molecule has 0 aromatic carbocycles. The number of hydrogen-bond donors (Lipinski definition) is 1. The molecule has 82 valence electrons. The fraction of sp³-hybridized carbons (Fsp3) is 0.400. The molecule has 1 aliphatic carbocycles. The second-order valence-electron chi connectivity index (χ2n) is 3.43. The lowest BCUT2D eigenvalue weighted by molar-refractivity contribution is -0.122. The van der Waals surface area contributed by atoms with Crippen LogP contribution in [0.25, 0.3) is 0 Å². The maximum absolute atomic E-state index is 11.3. The lowest BCUT2D eigenvalue weighted by Crippen LogP contribution is -2.49. The summed E-state index contributed by atoms with van der Waals surface area (Å²) < 4.78 is 0. The summed E-state index contributed by atoms with van der Waals surface area (Å²) >= 11 is 11.9. The number of Topliss-reactive ketones (excluding diaryl/α,β-unsaturated/α-hetero) is 1. The summed E-state index contributed by atoms with van der Waals surface area (Å²) in [5.41, 5.74) is 0. The Labute approximate surface area is 98.1 Å². The van der Waals surface area contributed by atoms with Gasteiger partial charge in [-0.25, -0.2) is 0 Å². The zero-order valence-electron chi connectivity index (χ0n) is 8.38. The SMILES string of the molecule is CC(=O)NC1(Cl)C=C(Cl)C=CC1C(C)=O. The Bertz CT molecular complexity index is 362. The normalized spacial score (nSPS) is 29.6. The van der Waals surface area contributed by atoms with Gasteiger partial charge in [0.2, 0.25) is 5.91 Å². The van der Waals surface area contributed by atoms with Crippen molar-refractivity contribution in [1.82, 2.24) is 5.32 Å². The van der Waals surface area contributed by atoms with E-state index in [0.717, 1.165) is 0 Å². The molecule has 2 atom stereocenters. The van der Waals surface area contributed by atoms with Crippen molar-refractivity contribution >= 4 is 34.9 Å². The number of nitrogens with one attached hydrogen (secondary N) is 1. The van der Waals surface area contributed by atoms with Crippen molar-refractivity contribution in [2.24, 2.45) is 5.92 Å². The Morgan fingerprint density at radius 2 is 2.07 bits per heavy atom. The predicted molar refractivity (Wildman–Crippen MR) is 59.6 cm³/mol. The van der Waals surface area contributed by atoms with Gasteiger partial charge in [0.1, 0.15) is 10.8 Å². The Morgan fingerprint density at radius 3 is 2.53 bits per heavy atom. The topological polar surface area (TPSA) is 46.2 Å². The number of carbonyl (C=O) groups excluding carboxylic acids is 2. The van der Waals surface area contributed by atoms with Gasteiger partial charge in [-0.1, -0.05) is 29.3 Å². The molecule has 0 heterocycles. The molecule has 0 aliphatic heterocycles. The third-order valence-corrected chi connectivity index (χ3v) is 2.73. The first kappa shape index (κ1) is 12.3. The zero-order valence-corrected chi connectivity index (χ0v) is 9.89. The number of hydrogen-bond acceptors (Lipinski definition) is 2. The Hall–Kier alpha value is -0.800. The van der Waals surface area contributed by atoms with E-state index in [4.69, 9.17) is 23.2 Å². The number of carbonyl (C=O) groups is 2. The van der Waals surface area contributed by atoms with Crippen LogP contribution in [0, 0.1) is 5.92 Å². The quantitative estimate of drug-likeness (QED) is 0.599. The van der Waals surface area contributed by atoms with Crippen LogP contribution in [-0.4, -0.2) is 16.7 Å². The van der Waals surface area contributed by atoms with Gasteiger partial charge < -0.3 is 5.32 Å². The van der Waals surface area contributed by atoms with Crippen molar-refractivity contribution in [3.63, 3.8) is 0 Å². The molecule has 0 bridgehead atoms. The van der Waals surface area contributed by atoms with Crippen molar-refractivity contribution in [2.75, 3.05) is 0 Å². The van der Waals surface area contributed by atoms with E-state index in [2.05, 4.69) is 5.32 Å². The maximum Gasteiger partial charge on any atom is 0.218 e. The van der Waals surface area contributed by atoms with Gasteiger partial charge in [-0.15, -0.1) is 0 Å². The van der Waals surface area contributed by atoms with Crippen molar-refractivity contribution in [3.8, 4) is 0 Å². The molecular weight excluding hydrogens is 237 g/mol. The highest BCUT2D eigenvalue weighted by atomic mass is 35.5. The Balaban J connectivity index is 3.04. The largest absolute Gasteiger partial charge is 0.333 e. The minimum atomic E-state index is -1.25.